The van der Waals surface area contributed by atoms with Crippen LogP contribution in [0.5, 0.6) is 0 Å². The lowest BCUT2D eigenvalue weighted by Crippen LogP contribution is -2.16. The van der Waals surface area contributed by atoms with Gasteiger partial charge in [0.25, 0.3) is 10.0 Å². The molecule has 3 aromatic rings. The molecule has 0 aromatic heterocycles. The number of para-hydroxylation sites is 1. The highest BCUT2D eigenvalue weighted by molar-refractivity contribution is 7.92. The third-order valence-electron chi connectivity index (χ3n) is 4.00. The Morgan fingerprint density at radius 2 is 1.52 bits per heavy atom. The number of hydrogen-bond donors (Lipinski definition) is 2. The largest absolute Gasteiger partial charge is 0.283 e. The van der Waals surface area contributed by atoms with E-state index in [9.17, 15) is 21.2 Å². The van der Waals surface area contributed by atoms with Gasteiger partial charge in [-0.3, -0.25) is 9.44 Å². The third kappa shape index (κ3) is 5.55. The van der Waals surface area contributed by atoms with Crippen molar-refractivity contribution in [2.24, 2.45) is 0 Å². The summed E-state index contributed by atoms with van der Waals surface area (Å²) in [5, 5.41) is 0. The van der Waals surface area contributed by atoms with E-state index in [1.165, 1.54) is 42.5 Å². The lowest BCUT2D eigenvalue weighted by atomic mass is 10.2. The van der Waals surface area contributed by atoms with Crippen LogP contribution in [0.4, 0.5) is 15.8 Å². The second-order valence-corrected chi connectivity index (χ2v) is 9.86. The van der Waals surface area contributed by atoms with Gasteiger partial charge in [-0.2, -0.15) is 0 Å². The van der Waals surface area contributed by atoms with Gasteiger partial charge < -0.3 is 0 Å². The number of benzene rings is 3. The number of hydrogen-bond acceptors (Lipinski definition) is 4. The van der Waals surface area contributed by atoms with E-state index in [0.29, 0.717) is 5.56 Å². The fourth-order valence-electron chi connectivity index (χ4n) is 2.69. The Hall–Kier alpha value is -2.91. The highest BCUT2D eigenvalue weighted by atomic mass is 32.2. The highest BCUT2D eigenvalue weighted by Gasteiger charge is 2.17. The van der Waals surface area contributed by atoms with Gasteiger partial charge in [-0.1, -0.05) is 42.0 Å². The van der Waals surface area contributed by atoms with E-state index >= 15 is 0 Å². The molecule has 152 valence electrons. The molecule has 29 heavy (non-hydrogen) atoms. The first-order chi connectivity index (χ1) is 13.6. The molecule has 0 aliphatic heterocycles. The maximum Gasteiger partial charge on any atom is 0.261 e. The van der Waals surface area contributed by atoms with Gasteiger partial charge in [0.05, 0.1) is 16.3 Å². The topological polar surface area (TPSA) is 92.3 Å². The van der Waals surface area contributed by atoms with E-state index in [1.54, 1.807) is 18.2 Å². The van der Waals surface area contributed by atoms with Gasteiger partial charge in [0, 0.05) is 5.69 Å². The molecule has 0 atom stereocenters. The van der Waals surface area contributed by atoms with Crippen molar-refractivity contribution < 1.29 is 21.2 Å². The third-order valence-corrected chi connectivity index (χ3v) is 6.64. The van der Waals surface area contributed by atoms with Crippen LogP contribution in [0.3, 0.4) is 0 Å². The first-order valence-corrected chi connectivity index (χ1v) is 11.7. The molecule has 0 unspecified atom stereocenters. The van der Waals surface area contributed by atoms with Crippen molar-refractivity contribution in [3.05, 3.63) is 89.7 Å². The summed E-state index contributed by atoms with van der Waals surface area (Å²) in [7, 11) is -7.69. The normalized spacial score (nSPS) is 11.8. The van der Waals surface area contributed by atoms with Gasteiger partial charge >= 0.3 is 0 Å². The van der Waals surface area contributed by atoms with E-state index in [0.717, 1.165) is 11.6 Å². The minimum Gasteiger partial charge on any atom is -0.283 e. The zero-order chi connectivity index (χ0) is 21.1. The van der Waals surface area contributed by atoms with Crippen LogP contribution in [0.1, 0.15) is 11.1 Å². The molecule has 0 heterocycles. The molecule has 0 amide bonds. The van der Waals surface area contributed by atoms with Crippen molar-refractivity contribution in [1.82, 2.24) is 0 Å². The monoisotopic (exact) mass is 434 g/mol. The lowest BCUT2D eigenvalue weighted by Gasteiger charge is -2.11. The second-order valence-electron chi connectivity index (χ2n) is 6.46. The summed E-state index contributed by atoms with van der Waals surface area (Å²) in [6.07, 6.45) is 0. The number of sulfonamides is 2. The molecule has 3 rings (SSSR count). The molecule has 0 bridgehead atoms. The van der Waals surface area contributed by atoms with Crippen molar-refractivity contribution >= 4 is 31.4 Å². The van der Waals surface area contributed by atoms with Gasteiger partial charge in [-0.25, -0.2) is 21.2 Å². The lowest BCUT2D eigenvalue weighted by molar-refractivity contribution is 0.598. The maximum atomic E-state index is 13.7. The summed E-state index contributed by atoms with van der Waals surface area (Å²) in [5.74, 6) is -0.902. The van der Waals surface area contributed by atoms with Crippen LogP contribution >= 0.6 is 0 Å². The Morgan fingerprint density at radius 1 is 0.828 bits per heavy atom. The van der Waals surface area contributed by atoms with Crippen molar-refractivity contribution in [3.8, 4) is 0 Å². The molecule has 6 nitrogen and oxygen atoms in total. The average Bonchev–Trinajstić information content (AvgIpc) is 2.63. The smallest absolute Gasteiger partial charge is 0.261 e. The minimum absolute atomic E-state index is 0.123. The van der Waals surface area contributed by atoms with Crippen LogP contribution in [0.25, 0.3) is 0 Å². The van der Waals surface area contributed by atoms with E-state index in [-0.39, 0.29) is 22.0 Å². The molecule has 2 N–H and O–H groups in total. The van der Waals surface area contributed by atoms with E-state index < -0.39 is 25.9 Å². The Bertz CT molecular complexity index is 1230. The molecule has 0 saturated heterocycles. The van der Waals surface area contributed by atoms with Crippen molar-refractivity contribution in [2.45, 2.75) is 17.6 Å². The number of nitrogens with one attached hydrogen (secondary N) is 2. The van der Waals surface area contributed by atoms with Crippen LogP contribution in [0.15, 0.2) is 77.7 Å². The number of anilines is 2. The van der Waals surface area contributed by atoms with E-state index in [4.69, 9.17) is 0 Å². The summed E-state index contributed by atoms with van der Waals surface area (Å²) in [4.78, 5) is -0.123. The van der Waals surface area contributed by atoms with Crippen molar-refractivity contribution in [2.75, 3.05) is 9.44 Å². The summed E-state index contributed by atoms with van der Waals surface area (Å²) >= 11 is 0. The molecule has 0 radical (unpaired) electrons. The molecule has 0 aliphatic rings. The predicted octanol–water partition coefficient (Wildman–Crippen LogP) is 3.88. The fourth-order valence-corrected chi connectivity index (χ4v) is 4.94. The molecule has 3 aromatic carbocycles. The number of halogens is 1. The summed E-state index contributed by atoms with van der Waals surface area (Å²) < 4.78 is 67.8. The van der Waals surface area contributed by atoms with Crippen molar-refractivity contribution in [3.63, 3.8) is 0 Å². The zero-order valence-corrected chi connectivity index (χ0v) is 17.1. The van der Waals surface area contributed by atoms with Crippen LogP contribution in [-0.4, -0.2) is 16.8 Å². The van der Waals surface area contributed by atoms with Crippen molar-refractivity contribution in [1.29, 1.82) is 0 Å². The van der Waals surface area contributed by atoms with Crippen LogP contribution in [0, 0.1) is 12.7 Å². The Morgan fingerprint density at radius 3 is 2.17 bits per heavy atom. The van der Waals surface area contributed by atoms with Gasteiger partial charge in [0.2, 0.25) is 10.0 Å². The first kappa shape index (κ1) is 20.8. The molecule has 0 saturated carbocycles. The van der Waals surface area contributed by atoms with Gasteiger partial charge in [0.15, 0.2) is 0 Å². The summed E-state index contributed by atoms with van der Waals surface area (Å²) in [6.45, 7) is 1.87. The second kappa shape index (κ2) is 8.22. The van der Waals surface area contributed by atoms with Gasteiger partial charge in [0.1, 0.15) is 5.82 Å². The standard InChI is InChI=1S/C20H19FN2O4S2/c1-15-5-4-6-16(13-15)14-28(24,25)22-17-9-11-18(12-10-17)29(26,27)23-20-8-3-2-7-19(20)21/h2-13,22-23H,14H2,1H3. The molecule has 9 heteroatoms. The summed E-state index contributed by atoms with van der Waals surface area (Å²) in [6, 6.07) is 17.7. The van der Waals surface area contributed by atoms with Crippen LogP contribution in [-0.2, 0) is 25.8 Å². The van der Waals surface area contributed by atoms with Crippen LogP contribution in [0.2, 0.25) is 0 Å². The average molecular weight is 435 g/mol. The Labute approximate surface area is 169 Å². The molecule has 0 spiro atoms. The minimum atomic E-state index is -4.02. The molecular formula is C20H19FN2O4S2. The van der Waals surface area contributed by atoms with Gasteiger partial charge in [-0.05, 0) is 48.9 Å². The van der Waals surface area contributed by atoms with E-state index in [1.807, 2.05) is 13.0 Å². The SMILES string of the molecule is Cc1cccc(CS(=O)(=O)Nc2ccc(S(=O)(=O)Nc3ccccc3F)cc2)c1. The molecule has 0 fully saturated rings. The Kier molecular flexibility index (Phi) is 5.90. The number of aryl methyl sites for hydroxylation is 1. The summed E-state index contributed by atoms with van der Waals surface area (Å²) in [5.41, 5.74) is 1.65. The molecule has 0 aliphatic carbocycles. The first-order valence-electron chi connectivity index (χ1n) is 8.58. The molecular weight excluding hydrogens is 415 g/mol. The van der Waals surface area contributed by atoms with Gasteiger partial charge in [-0.15, -0.1) is 0 Å². The number of rotatable bonds is 7. The fraction of sp³-hybridized carbons (Fsp3) is 0.100. The quantitative estimate of drug-likeness (QED) is 0.590. The maximum absolute atomic E-state index is 13.7. The highest BCUT2D eigenvalue weighted by Crippen LogP contribution is 2.21. The Balaban J connectivity index is 1.73. The predicted molar refractivity (Wildman–Crippen MR) is 111 cm³/mol. The zero-order valence-electron chi connectivity index (χ0n) is 15.5. The van der Waals surface area contributed by atoms with Crippen LogP contribution < -0.4 is 9.44 Å². The van der Waals surface area contributed by atoms with E-state index in [2.05, 4.69) is 9.44 Å².